The minimum atomic E-state index is 0.702. The third kappa shape index (κ3) is 1.93. The second-order valence-electron chi connectivity index (χ2n) is 4.41. The van der Waals surface area contributed by atoms with Gasteiger partial charge in [-0.3, -0.25) is 9.97 Å². The van der Waals surface area contributed by atoms with Crippen molar-refractivity contribution in [2.45, 2.75) is 12.8 Å². The molecule has 0 amide bonds. The van der Waals surface area contributed by atoms with Gasteiger partial charge in [-0.25, -0.2) is 0 Å². The van der Waals surface area contributed by atoms with E-state index in [0.717, 1.165) is 40.3 Å². The number of benzene rings is 1. The Morgan fingerprint density at radius 2 is 1.72 bits per heavy atom. The van der Waals surface area contributed by atoms with Gasteiger partial charge in [0.1, 0.15) is 0 Å². The molecule has 90 valence electrons. The first-order chi connectivity index (χ1) is 8.88. The number of aryl methyl sites for hydroxylation is 1. The number of aromatic nitrogens is 2. The van der Waals surface area contributed by atoms with Crippen LogP contribution in [0.5, 0.6) is 0 Å². The number of nitrogens with zero attached hydrogens (tertiary/aromatic N) is 2. The highest BCUT2D eigenvalue weighted by Crippen LogP contribution is 2.22. The normalized spacial score (nSPS) is 11.2. The standard InChI is InChI=1S/C15H15N3/c16-9-1-4-13-8-7-12-6-5-11-3-2-10-17-14(11)15(12)18-13/h2-3,5-8,10H,1,4,9,16H2. The van der Waals surface area contributed by atoms with E-state index in [4.69, 9.17) is 10.7 Å². The molecule has 3 heteroatoms. The molecular formula is C15H15N3. The summed E-state index contributed by atoms with van der Waals surface area (Å²) in [5.41, 5.74) is 8.59. The molecule has 0 aliphatic carbocycles. The van der Waals surface area contributed by atoms with E-state index in [-0.39, 0.29) is 0 Å². The summed E-state index contributed by atoms with van der Waals surface area (Å²) in [7, 11) is 0. The van der Waals surface area contributed by atoms with Gasteiger partial charge >= 0.3 is 0 Å². The highest BCUT2D eigenvalue weighted by atomic mass is 14.7. The smallest absolute Gasteiger partial charge is 0.0967 e. The van der Waals surface area contributed by atoms with Crippen molar-refractivity contribution in [1.29, 1.82) is 0 Å². The lowest BCUT2D eigenvalue weighted by Gasteiger charge is -2.05. The Hall–Kier alpha value is -2.00. The van der Waals surface area contributed by atoms with Gasteiger partial charge in [-0.2, -0.15) is 0 Å². The predicted octanol–water partition coefficient (Wildman–Crippen LogP) is 2.67. The van der Waals surface area contributed by atoms with E-state index in [2.05, 4.69) is 35.3 Å². The summed E-state index contributed by atoms with van der Waals surface area (Å²) in [5.74, 6) is 0. The molecule has 3 nitrogen and oxygen atoms in total. The van der Waals surface area contributed by atoms with E-state index in [1.807, 2.05) is 12.3 Å². The summed E-state index contributed by atoms with van der Waals surface area (Å²) in [6.07, 6.45) is 3.71. The van der Waals surface area contributed by atoms with Gasteiger partial charge < -0.3 is 5.73 Å². The SMILES string of the molecule is NCCCc1ccc2ccc3cccnc3c2n1. The topological polar surface area (TPSA) is 51.8 Å². The Labute approximate surface area is 106 Å². The summed E-state index contributed by atoms with van der Waals surface area (Å²) in [5, 5.41) is 2.27. The molecule has 18 heavy (non-hydrogen) atoms. The Morgan fingerprint density at radius 3 is 2.56 bits per heavy atom. The number of nitrogens with two attached hydrogens (primary N) is 1. The molecule has 3 rings (SSSR count). The zero-order valence-electron chi connectivity index (χ0n) is 10.1. The van der Waals surface area contributed by atoms with Crippen LogP contribution in [0.4, 0.5) is 0 Å². The molecule has 0 saturated carbocycles. The van der Waals surface area contributed by atoms with Gasteiger partial charge in [-0.05, 0) is 31.5 Å². The molecule has 0 aliphatic rings. The zero-order valence-corrected chi connectivity index (χ0v) is 10.1. The highest BCUT2D eigenvalue weighted by Gasteiger charge is 2.04. The Bertz CT molecular complexity index is 691. The molecule has 0 atom stereocenters. The van der Waals surface area contributed by atoms with E-state index in [9.17, 15) is 0 Å². The Balaban J connectivity index is 2.20. The third-order valence-corrected chi connectivity index (χ3v) is 3.13. The van der Waals surface area contributed by atoms with Crippen molar-refractivity contribution in [3.8, 4) is 0 Å². The zero-order chi connectivity index (χ0) is 12.4. The molecule has 2 aromatic heterocycles. The van der Waals surface area contributed by atoms with Crippen LogP contribution < -0.4 is 5.73 Å². The fraction of sp³-hybridized carbons (Fsp3) is 0.200. The van der Waals surface area contributed by atoms with Crippen molar-refractivity contribution in [3.05, 3.63) is 48.3 Å². The fourth-order valence-electron chi connectivity index (χ4n) is 2.19. The van der Waals surface area contributed by atoms with E-state index >= 15 is 0 Å². The number of hydrogen-bond donors (Lipinski definition) is 1. The van der Waals surface area contributed by atoms with Gasteiger partial charge in [0.2, 0.25) is 0 Å². The molecule has 0 radical (unpaired) electrons. The molecule has 1 aromatic carbocycles. The summed E-state index contributed by atoms with van der Waals surface area (Å²) in [4.78, 5) is 9.17. The summed E-state index contributed by atoms with van der Waals surface area (Å²) < 4.78 is 0. The lowest BCUT2D eigenvalue weighted by molar-refractivity contribution is 0.814. The maximum atomic E-state index is 5.54. The van der Waals surface area contributed by atoms with Crippen LogP contribution in [0.3, 0.4) is 0 Å². The van der Waals surface area contributed by atoms with Crippen molar-refractivity contribution in [2.24, 2.45) is 5.73 Å². The van der Waals surface area contributed by atoms with Gasteiger partial charge in [0.25, 0.3) is 0 Å². The first-order valence-corrected chi connectivity index (χ1v) is 6.22. The van der Waals surface area contributed by atoms with Gasteiger partial charge in [-0.1, -0.05) is 24.3 Å². The molecule has 0 bridgehead atoms. The lowest BCUT2D eigenvalue weighted by Crippen LogP contribution is -2.01. The summed E-state index contributed by atoms with van der Waals surface area (Å²) in [6.45, 7) is 0.702. The molecule has 0 spiro atoms. The molecule has 0 unspecified atom stereocenters. The van der Waals surface area contributed by atoms with Gasteiger partial charge in [0.15, 0.2) is 0 Å². The third-order valence-electron chi connectivity index (χ3n) is 3.13. The van der Waals surface area contributed by atoms with Crippen LogP contribution in [-0.4, -0.2) is 16.5 Å². The van der Waals surface area contributed by atoms with Crippen LogP contribution >= 0.6 is 0 Å². The van der Waals surface area contributed by atoms with Crippen LogP contribution in [0.15, 0.2) is 42.6 Å². The van der Waals surface area contributed by atoms with Crippen LogP contribution in [-0.2, 0) is 6.42 Å². The monoisotopic (exact) mass is 237 g/mol. The van der Waals surface area contributed by atoms with Crippen molar-refractivity contribution in [1.82, 2.24) is 9.97 Å². The summed E-state index contributed by atoms with van der Waals surface area (Å²) in [6, 6.07) is 12.4. The minimum absolute atomic E-state index is 0.702. The highest BCUT2D eigenvalue weighted by molar-refractivity contribution is 6.02. The first kappa shape index (κ1) is 11.1. The molecule has 0 saturated heterocycles. The predicted molar refractivity (Wildman–Crippen MR) is 74.4 cm³/mol. The second kappa shape index (κ2) is 4.70. The summed E-state index contributed by atoms with van der Waals surface area (Å²) >= 11 is 0. The average molecular weight is 237 g/mol. The van der Waals surface area contributed by atoms with E-state index in [1.165, 1.54) is 0 Å². The first-order valence-electron chi connectivity index (χ1n) is 6.22. The Kier molecular flexibility index (Phi) is 2.90. The molecule has 0 fully saturated rings. The van der Waals surface area contributed by atoms with Crippen LogP contribution in [0.25, 0.3) is 21.8 Å². The molecule has 3 aromatic rings. The van der Waals surface area contributed by atoms with Crippen molar-refractivity contribution in [2.75, 3.05) is 6.54 Å². The Morgan fingerprint density at radius 1 is 0.944 bits per heavy atom. The van der Waals surface area contributed by atoms with Crippen molar-refractivity contribution >= 4 is 21.8 Å². The van der Waals surface area contributed by atoms with Crippen LogP contribution in [0, 0.1) is 0 Å². The van der Waals surface area contributed by atoms with Crippen LogP contribution in [0.1, 0.15) is 12.1 Å². The molecule has 0 aliphatic heterocycles. The number of pyridine rings is 2. The van der Waals surface area contributed by atoms with Crippen molar-refractivity contribution < 1.29 is 0 Å². The lowest BCUT2D eigenvalue weighted by atomic mass is 10.1. The van der Waals surface area contributed by atoms with E-state index in [1.54, 1.807) is 0 Å². The number of fused-ring (bicyclic) bond motifs is 3. The van der Waals surface area contributed by atoms with Crippen LogP contribution in [0.2, 0.25) is 0 Å². The van der Waals surface area contributed by atoms with Gasteiger partial charge in [0, 0.05) is 22.7 Å². The molecular weight excluding hydrogens is 222 g/mol. The van der Waals surface area contributed by atoms with Gasteiger partial charge in [0.05, 0.1) is 11.0 Å². The maximum absolute atomic E-state index is 5.54. The van der Waals surface area contributed by atoms with Crippen molar-refractivity contribution in [3.63, 3.8) is 0 Å². The van der Waals surface area contributed by atoms with Gasteiger partial charge in [-0.15, -0.1) is 0 Å². The average Bonchev–Trinajstić information content (AvgIpc) is 2.45. The van der Waals surface area contributed by atoms with E-state index < -0.39 is 0 Å². The molecule has 2 N–H and O–H groups in total. The number of rotatable bonds is 3. The van der Waals surface area contributed by atoms with E-state index in [0.29, 0.717) is 6.54 Å². The minimum Gasteiger partial charge on any atom is -0.330 e. The maximum Gasteiger partial charge on any atom is 0.0967 e. The second-order valence-corrected chi connectivity index (χ2v) is 4.41. The number of hydrogen-bond acceptors (Lipinski definition) is 3. The molecule has 2 heterocycles. The quantitative estimate of drug-likeness (QED) is 0.712. The fourth-order valence-corrected chi connectivity index (χ4v) is 2.19. The largest absolute Gasteiger partial charge is 0.330 e.